The Labute approximate surface area is 144 Å². The van der Waals surface area contributed by atoms with E-state index in [1.54, 1.807) is 6.07 Å². The van der Waals surface area contributed by atoms with Crippen LogP contribution in [-0.4, -0.2) is 60.3 Å². The first kappa shape index (κ1) is 21.5. The number of ether oxygens (including phenoxy) is 1. The molecule has 1 saturated heterocycles. The van der Waals surface area contributed by atoms with Crippen LogP contribution in [0.25, 0.3) is 0 Å². The van der Waals surface area contributed by atoms with E-state index in [0.29, 0.717) is 5.75 Å². The number of alkyl halides is 5. The molecule has 12 heteroatoms. The number of pyridine rings is 1. The average Bonchev–Trinajstić information content (AvgIpc) is 3.06. The van der Waals surface area contributed by atoms with Gasteiger partial charge in [0, 0.05) is 6.54 Å². The first-order valence-corrected chi connectivity index (χ1v) is 7.29. The number of hydrogen-bond donors (Lipinski definition) is 3. The molecule has 1 atom stereocenters. The Morgan fingerprint density at radius 2 is 2.04 bits per heavy atom. The summed E-state index contributed by atoms with van der Waals surface area (Å²) in [5.74, 6) is -2.80. The maximum atomic E-state index is 11.9. The van der Waals surface area contributed by atoms with Crippen LogP contribution in [-0.2, 0) is 4.79 Å². The fourth-order valence-corrected chi connectivity index (χ4v) is 1.77. The van der Waals surface area contributed by atoms with Crippen molar-refractivity contribution in [3.05, 3.63) is 24.0 Å². The van der Waals surface area contributed by atoms with Gasteiger partial charge in [-0.2, -0.15) is 13.2 Å². The maximum Gasteiger partial charge on any atom is 0.490 e. The SMILES string of the molecule is O=C(NCC(F)F)c1ccc(O[C@@H]2CCNC2)cn1.O=C(O)C(F)(F)F. The third kappa shape index (κ3) is 8.05. The highest BCUT2D eigenvalue weighted by molar-refractivity contribution is 5.92. The lowest BCUT2D eigenvalue weighted by atomic mass is 10.3. The first-order chi connectivity index (χ1) is 12.1. The van der Waals surface area contributed by atoms with Crippen LogP contribution < -0.4 is 15.4 Å². The second-order valence-electron chi connectivity index (χ2n) is 5.02. The highest BCUT2D eigenvalue weighted by Gasteiger charge is 2.38. The minimum atomic E-state index is -5.08. The van der Waals surface area contributed by atoms with Crippen LogP contribution in [0.15, 0.2) is 18.3 Å². The average molecular weight is 385 g/mol. The fourth-order valence-electron chi connectivity index (χ4n) is 1.77. The number of carbonyl (C=O) groups is 2. The van der Waals surface area contributed by atoms with Crippen molar-refractivity contribution in [2.75, 3.05) is 19.6 Å². The predicted octanol–water partition coefficient (Wildman–Crippen LogP) is 1.45. The number of carboxylic acid groups (broad SMARTS) is 1. The molecule has 2 rings (SSSR count). The summed E-state index contributed by atoms with van der Waals surface area (Å²) in [5, 5.41) is 12.4. The summed E-state index contributed by atoms with van der Waals surface area (Å²) in [4.78, 5) is 24.2. The van der Waals surface area contributed by atoms with Crippen LogP contribution in [0.1, 0.15) is 16.9 Å². The van der Waals surface area contributed by atoms with Crippen LogP contribution in [0, 0.1) is 0 Å². The van der Waals surface area contributed by atoms with Crippen molar-refractivity contribution in [2.24, 2.45) is 0 Å². The van der Waals surface area contributed by atoms with Crippen LogP contribution >= 0.6 is 0 Å². The topological polar surface area (TPSA) is 101 Å². The molecule has 0 bridgehead atoms. The molecule has 1 aromatic heterocycles. The Balaban J connectivity index is 0.000000412. The number of nitrogens with one attached hydrogen (secondary N) is 2. The highest BCUT2D eigenvalue weighted by atomic mass is 19.4. The number of halogens is 5. The summed E-state index contributed by atoms with van der Waals surface area (Å²) in [6.45, 7) is 1.04. The smallest absolute Gasteiger partial charge is 0.487 e. The minimum absolute atomic E-state index is 0.0950. The summed E-state index contributed by atoms with van der Waals surface area (Å²) in [5.41, 5.74) is 0.0950. The Morgan fingerprint density at radius 3 is 2.46 bits per heavy atom. The van der Waals surface area contributed by atoms with Gasteiger partial charge in [-0.05, 0) is 25.1 Å². The van der Waals surface area contributed by atoms with E-state index in [9.17, 15) is 26.7 Å². The molecule has 1 aliphatic rings. The maximum absolute atomic E-state index is 11.9. The molecule has 0 saturated carbocycles. The molecule has 2 heterocycles. The normalized spacial score (nSPS) is 16.6. The summed E-state index contributed by atoms with van der Waals surface area (Å²) < 4.78 is 61.3. The monoisotopic (exact) mass is 385 g/mol. The molecule has 1 fully saturated rings. The third-order valence-electron chi connectivity index (χ3n) is 2.95. The van der Waals surface area contributed by atoms with E-state index < -0.39 is 31.0 Å². The van der Waals surface area contributed by atoms with Gasteiger partial charge in [0.1, 0.15) is 17.5 Å². The second kappa shape index (κ2) is 9.85. The van der Waals surface area contributed by atoms with E-state index in [1.807, 2.05) is 0 Å². The van der Waals surface area contributed by atoms with Gasteiger partial charge in [-0.15, -0.1) is 0 Å². The van der Waals surface area contributed by atoms with E-state index in [0.717, 1.165) is 19.5 Å². The molecular weight excluding hydrogens is 369 g/mol. The Morgan fingerprint density at radius 1 is 1.38 bits per heavy atom. The molecule has 0 unspecified atom stereocenters. The van der Waals surface area contributed by atoms with Crippen molar-refractivity contribution in [1.82, 2.24) is 15.6 Å². The summed E-state index contributed by atoms with van der Waals surface area (Å²) in [6, 6.07) is 3.07. The second-order valence-corrected chi connectivity index (χ2v) is 5.02. The molecule has 26 heavy (non-hydrogen) atoms. The van der Waals surface area contributed by atoms with Gasteiger partial charge in [0.05, 0.1) is 12.7 Å². The van der Waals surface area contributed by atoms with Crippen molar-refractivity contribution >= 4 is 11.9 Å². The summed E-state index contributed by atoms with van der Waals surface area (Å²) >= 11 is 0. The van der Waals surface area contributed by atoms with Crippen LogP contribution in [0.3, 0.4) is 0 Å². The van der Waals surface area contributed by atoms with Crippen molar-refractivity contribution in [1.29, 1.82) is 0 Å². The third-order valence-corrected chi connectivity index (χ3v) is 2.95. The van der Waals surface area contributed by atoms with Gasteiger partial charge in [0.25, 0.3) is 12.3 Å². The number of hydrogen-bond acceptors (Lipinski definition) is 5. The van der Waals surface area contributed by atoms with Crippen LogP contribution in [0.4, 0.5) is 22.0 Å². The standard InChI is InChI=1S/C12H15F2N3O2.C2HF3O2/c13-11(14)7-17-12(18)10-2-1-8(6-16-10)19-9-3-4-15-5-9;3-2(4,5)1(6)7/h1-2,6,9,11,15H,3-5,7H2,(H,17,18);(H,6,7)/t9-;/m1./s1. The number of nitrogens with zero attached hydrogens (tertiary/aromatic N) is 1. The van der Waals surface area contributed by atoms with Gasteiger partial charge >= 0.3 is 12.1 Å². The molecule has 1 aliphatic heterocycles. The quantitative estimate of drug-likeness (QED) is 0.664. The van der Waals surface area contributed by atoms with E-state index in [4.69, 9.17) is 14.6 Å². The number of carboxylic acids is 1. The molecule has 3 N–H and O–H groups in total. The number of rotatable bonds is 5. The van der Waals surface area contributed by atoms with Gasteiger partial charge in [0.15, 0.2) is 0 Å². The molecule has 0 aliphatic carbocycles. The molecule has 0 spiro atoms. The zero-order chi connectivity index (χ0) is 19.7. The minimum Gasteiger partial charge on any atom is -0.487 e. The molecule has 0 aromatic carbocycles. The Bertz CT molecular complexity index is 589. The van der Waals surface area contributed by atoms with E-state index in [-0.39, 0.29) is 11.8 Å². The van der Waals surface area contributed by atoms with E-state index in [2.05, 4.69) is 15.6 Å². The molecule has 146 valence electrons. The first-order valence-electron chi connectivity index (χ1n) is 7.29. The van der Waals surface area contributed by atoms with Crippen molar-refractivity contribution in [2.45, 2.75) is 25.1 Å². The highest BCUT2D eigenvalue weighted by Crippen LogP contribution is 2.14. The van der Waals surface area contributed by atoms with Crippen molar-refractivity contribution < 1.29 is 41.4 Å². The van der Waals surface area contributed by atoms with Gasteiger partial charge in [-0.3, -0.25) is 4.79 Å². The Hall–Kier alpha value is -2.50. The van der Waals surface area contributed by atoms with Crippen molar-refractivity contribution in [3.63, 3.8) is 0 Å². The largest absolute Gasteiger partial charge is 0.490 e. The number of carbonyl (C=O) groups excluding carboxylic acids is 1. The lowest BCUT2D eigenvalue weighted by Gasteiger charge is -2.12. The van der Waals surface area contributed by atoms with Gasteiger partial charge in [-0.1, -0.05) is 0 Å². The van der Waals surface area contributed by atoms with Crippen LogP contribution in [0.5, 0.6) is 5.75 Å². The zero-order valence-corrected chi connectivity index (χ0v) is 13.2. The van der Waals surface area contributed by atoms with Gasteiger partial charge in [-0.25, -0.2) is 18.6 Å². The zero-order valence-electron chi connectivity index (χ0n) is 13.2. The Kier molecular flexibility index (Phi) is 8.16. The lowest BCUT2D eigenvalue weighted by molar-refractivity contribution is -0.192. The fraction of sp³-hybridized carbons (Fsp3) is 0.500. The number of aliphatic carboxylic acids is 1. The van der Waals surface area contributed by atoms with E-state index in [1.165, 1.54) is 12.3 Å². The van der Waals surface area contributed by atoms with Crippen molar-refractivity contribution in [3.8, 4) is 5.75 Å². The molecule has 1 aromatic rings. The summed E-state index contributed by atoms with van der Waals surface area (Å²) in [7, 11) is 0. The number of aromatic nitrogens is 1. The number of amides is 1. The molecule has 0 radical (unpaired) electrons. The lowest BCUT2D eigenvalue weighted by Crippen LogP contribution is -2.29. The van der Waals surface area contributed by atoms with Crippen LogP contribution in [0.2, 0.25) is 0 Å². The predicted molar refractivity (Wildman–Crippen MR) is 78.2 cm³/mol. The summed E-state index contributed by atoms with van der Waals surface area (Å²) in [6.07, 6.45) is -5.19. The van der Waals surface area contributed by atoms with E-state index >= 15 is 0 Å². The molecule has 7 nitrogen and oxygen atoms in total. The molecular formula is C14H16F5N3O4. The van der Waals surface area contributed by atoms with Gasteiger partial charge in [0.2, 0.25) is 0 Å². The molecule has 1 amide bonds. The van der Waals surface area contributed by atoms with Gasteiger partial charge < -0.3 is 20.5 Å².